The van der Waals surface area contributed by atoms with Crippen molar-refractivity contribution in [2.75, 3.05) is 12.0 Å². The smallest absolute Gasteiger partial charge is 0.325 e. The number of methoxy groups -OCH3 is 1. The number of urea groups is 1. The van der Waals surface area contributed by atoms with Crippen molar-refractivity contribution >= 4 is 17.5 Å². The number of carbonyl (C=O) groups excluding carboxylic acids is 1. The molecule has 0 unspecified atom stereocenters. The molecule has 0 saturated carbocycles. The molecule has 4 aromatic rings. The van der Waals surface area contributed by atoms with E-state index in [1.54, 1.807) is 65.6 Å². The average Bonchev–Trinajstić information content (AvgIpc) is 3.42. The number of nitrogens with two attached hydrogens (primary N) is 1. The maximum atomic E-state index is 12.4. The van der Waals surface area contributed by atoms with E-state index in [1.807, 2.05) is 0 Å². The first-order valence-corrected chi connectivity index (χ1v) is 8.33. The minimum Gasteiger partial charge on any atom is -0.495 e. The summed E-state index contributed by atoms with van der Waals surface area (Å²) in [4.78, 5) is 22.6. The first kappa shape index (κ1) is 17.3. The molecule has 3 heterocycles. The van der Waals surface area contributed by atoms with Gasteiger partial charge in [-0.15, -0.1) is 0 Å². The zero-order valence-corrected chi connectivity index (χ0v) is 14.9. The summed E-state index contributed by atoms with van der Waals surface area (Å²) in [5.41, 5.74) is 6.14. The van der Waals surface area contributed by atoms with Crippen molar-refractivity contribution in [1.82, 2.24) is 19.7 Å². The molecule has 0 aliphatic rings. The second kappa shape index (κ2) is 7.23. The van der Waals surface area contributed by atoms with Gasteiger partial charge in [-0.2, -0.15) is 5.10 Å². The Morgan fingerprint density at radius 3 is 2.71 bits per heavy atom. The number of primary amides is 1. The molecule has 1 aromatic carbocycles. The number of benzene rings is 1. The van der Waals surface area contributed by atoms with Crippen molar-refractivity contribution in [3.05, 3.63) is 67.2 Å². The Morgan fingerprint density at radius 2 is 2.04 bits per heavy atom. The van der Waals surface area contributed by atoms with Gasteiger partial charge in [0.05, 0.1) is 19.1 Å². The van der Waals surface area contributed by atoms with Crippen LogP contribution in [0.4, 0.5) is 16.3 Å². The highest BCUT2D eigenvalue weighted by Crippen LogP contribution is 2.34. The molecule has 0 atom stereocenters. The lowest BCUT2D eigenvalue weighted by Gasteiger charge is -2.22. The van der Waals surface area contributed by atoms with Crippen LogP contribution in [0.25, 0.3) is 17.4 Å². The number of nitrogens with zero attached hydrogens (tertiary/aromatic N) is 5. The number of anilines is 2. The SMILES string of the molecule is COc1ccccc1N(C(N)=O)c1cc(-n2cccn2)nc(-c2ccco2)n1. The maximum Gasteiger partial charge on any atom is 0.325 e. The first-order chi connectivity index (χ1) is 13.7. The quantitative estimate of drug-likeness (QED) is 0.572. The number of hydrogen-bond acceptors (Lipinski definition) is 6. The highest BCUT2D eigenvalue weighted by Gasteiger charge is 2.23. The lowest BCUT2D eigenvalue weighted by Crippen LogP contribution is -2.32. The van der Waals surface area contributed by atoms with Gasteiger partial charge in [0.15, 0.2) is 17.4 Å². The second-order valence-corrected chi connectivity index (χ2v) is 5.68. The molecule has 0 aliphatic heterocycles. The number of amides is 2. The lowest BCUT2D eigenvalue weighted by molar-refractivity contribution is 0.255. The van der Waals surface area contributed by atoms with Crippen LogP contribution in [-0.2, 0) is 0 Å². The van der Waals surface area contributed by atoms with Crippen molar-refractivity contribution < 1.29 is 13.9 Å². The van der Waals surface area contributed by atoms with Crippen LogP contribution in [0.2, 0.25) is 0 Å². The molecule has 0 spiro atoms. The molecule has 3 aromatic heterocycles. The number of carbonyl (C=O) groups is 1. The third-order valence-corrected chi connectivity index (χ3v) is 3.96. The summed E-state index contributed by atoms with van der Waals surface area (Å²) >= 11 is 0. The van der Waals surface area contributed by atoms with Crippen molar-refractivity contribution in [2.24, 2.45) is 5.73 Å². The van der Waals surface area contributed by atoms with Gasteiger partial charge in [0, 0.05) is 18.5 Å². The minimum atomic E-state index is -0.722. The summed E-state index contributed by atoms with van der Waals surface area (Å²) in [7, 11) is 1.52. The third-order valence-electron chi connectivity index (χ3n) is 3.96. The summed E-state index contributed by atoms with van der Waals surface area (Å²) < 4.78 is 12.4. The fourth-order valence-corrected chi connectivity index (χ4v) is 2.74. The van der Waals surface area contributed by atoms with Crippen molar-refractivity contribution in [1.29, 1.82) is 0 Å². The summed E-state index contributed by atoms with van der Waals surface area (Å²) in [6, 6.07) is 13.1. The van der Waals surface area contributed by atoms with Gasteiger partial charge in [-0.05, 0) is 30.3 Å². The predicted molar refractivity (Wildman–Crippen MR) is 102 cm³/mol. The van der Waals surface area contributed by atoms with E-state index in [4.69, 9.17) is 14.9 Å². The fourth-order valence-electron chi connectivity index (χ4n) is 2.74. The standard InChI is InChI=1S/C19H16N6O3/c1-27-14-7-3-2-6-13(14)25(19(20)26)17-12-16(24-10-5-9-21-24)22-18(23-17)15-8-4-11-28-15/h2-12H,1H3,(H2,20,26). The van der Waals surface area contributed by atoms with Crippen molar-refractivity contribution in [3.8, 4) is 23.2 Å². The van der Waals surface area contributed by atoms with E-state index >= 15 is 0 Å². The second-order valence-electron chi connectivity index (χ2n) is 5.68. The van der Waals surface area contributed by atoms with Crippen LogP contribution in [0.1, 0.15) is 0 Å². The topological polar surface area (TPSA) is 112 Å². The Morgan fingerprint density at radius 1 is 1.18 bits per heavy atom. The molecule has 9 nitrogen and oxygen atoms in total. The minimum absolute atomic E-state index is 0.254. The van der Waals surface area contributed by atoms with Crippen molar-refractivity contribution in [2.45, 2.75) is 0 Å². The monoisotopic (exact) mass is 376 g/mol. The van der Waals surface area contributed by atoms with E-state index < -0.39 is 6.03 Å². The van der Waals surface area contributed by atoms with Gasteiger partial charge >= 0.3 is 6.03 Å². The molecule has 4 rings (SSSR count). The van der Waals surface area contributed by atoms with E-state index in [0.29, 0.717) is 23.0 Å². The van der Waals surface area contributed by atoms with E-state index in [-0.39, 0.29) is 11.6 Å². The number of para-hydroxylation sites is 2. The fraction of sp³-hybridized carbons (Fsp3) is 0.0526. The van der Waals surface area contributed by atoms with Gasteiger partial charge in [0.2, 0.25) is 0 Å². The van der Waals surface area contributed by atoms with Crippen LogP contribution in [0.3, 0.4) is 0 Å². The summed E-state index contributed by atoms with van der Waals surface area (Å²) in [5, 5.41) is 4.20. The highest BCUT2D eigenvalue weighted by atomic mass is 16.5. The molecule has 140 valence electrons. The molecule has 28 heavy (non-hydrogen) atoms. The van der Waals surface area contributed by atoms with Crippen LogP contribution >= 0.6 is 0 Å². The Hall–Kier alpha value is -4.14. The Labute approximate surface area is 160 Å². The van der Waals surface area contributed by atoms with E-state index in [0.717, 1.165) is 0 Å². The Balaban J connectivity index is 1.92. The predicted octanol–water partition coefficient (Wildman–Crippen LogP) is 3.15. The molecule has 0 bridgehead atoms. The van der Waals surface area contributed by atoms with Crippen LogP contribution in [0.15, 0.2) is 71.6 Å². The molecule has 2 N–H and O–H groups in total. The van der Waals surface area contributed by atoms with Gasteiger partial charge in [-0.3, -0.25) is 0 Å². The van der Waals surface area contributed by atoms with Gasteiger partial charge in [-0.25, -0.2) is 24.3 Å². The number of aromatic nitrogens is 4. The molecular formula is C19H16N6O3. The van der Waals surface area contributed by atoms with Gasteiger partial charge in [-0.1, -0.05) is 12.1 Å². The highest BCUT2D eigenvalue weighted by molar-refractivity contribution is 5.99. The summed E-state index contributed by atoms with van der Waals surface area (Å²) in [6.07, 6.45) is 4.88. The van der Waals surface area contributed by atoms with E-state index in [9.17, 15) is 4.79 Å². The molecule has 0 fully saturated rings. The number of rotatable bonds is 5. The van der Waals surface area contributed by atoms with Gasteiger partial charge in [0.1, 0.15) is 11.6 Å². The van der Waals surface area contributed by atoms with E-state index in [2.05, 4.69) is 15.1 Å². The van der Waals surface area contributed by atoms with Gasteiger partial charge in [0.25, 0.3) is 0 Å². The lowest BCUT2D eigenvalue weighted by atomic mass is 10.2. The Bertz CT molecular complexity index is 1040. The molecule has 0 aliphatic carbocycles. The van der Waals surface area contributed by atoms with Crippen molar-refractivity contribution in [3.63, 3.8) is 0 Å². The van der Waals surface area contributed by atoms with Crippen LogP contribution in [0, 0.1) is 0 Å². The molecule has 0 radical (unpaired) electrons. The zero-order chi connectivity index (χ0) is 19.5. The molecule has 2 amide bonds. The maximum absolute atomic E-state index is 12.4. The molecular weight excluding hydrogens is 360 g/mol. The largest absolute Gasteiger partial charge is 0.495 e. The van der Waals surface area contributed by atoms with E-state index in [1.165, 1.54) is 18.3 Å². The normalized spacial score (nSPS) is 10.6. The summed E-state index contributed by atoms with van der Waals surface area (Å²) in [5.74, 6) is 1.90. The zero-order valence-electron chi connectivity index (χ0n) is 14.9. The van der Waals surface area contributed by atoms with Crippen LogP contribution < -0.4 is 15.4 Å². The van der Waals surface area contributed by atoms with Crippen LogP contribution in [-0.4, -0.2) is 32.9 Å². The van der Waals surface area contributed by atoms with Crippen LogP contribution in [0.5, 0.6) is 5.75 Å². The Kier molecular flexibility index (Phi) is 4.47. The first-order valence-electron chi connectivity index (χ1n) is 8.33. The third kappa shape index (κ3) is 3.16. The molecule has 0 saturated heterocycles. The number of hydrogen-bond donors (Lipinski definition) is 1. The number of furan rings is 1. The summed E-state index contributed by atoms with van der Waals surface area (Å²) in [6.45, 7) is 0. The number of ether oxygens (including phenoxy) is 1. The molecule has 9 heteroatoms. The average molecular weight is 376 g/mol. The van der Waals surface area contributed by atoms with Gasteiger partial charge < -0.3 is 14.9 Å².